The lowest BCUT2D eigenvalue weighted by Gasteiger charge is -2.28. The zero-order valence-electron chi connectivity index (χ0n) is 16.7. The molecule has 1 rings (SSSR count). The summed E-state index contributed by atoms with van der Waals surface area (Å²) in [6.07, 6.45) is 2.62. The van der Waals surface area contributed by atoms with Crippen molar-refractivity contribution in [1.29, 1.82) is 0 Å². The normalized spacial score (nSPS) is 18.9. The predicted molar refractivity (Wildman–Crippen MR) is 115 cm³/mol. The van der Waals surface area contributed by atoms with Crippen molar-refractivity contribution >= 4 is 54.0 Å². The molecule has 4 unspecified atom stereocenters. The third-order valence-electron chi connectivity index (χ3n) is 4.62. The fourth-order valence-corrected chi connectivity index (χ4v) is 3.76. The van der Waals surface area contributed by atoms with Crippen molar-refractivity contribution in [1.82, 2.24) is 15.5 Å². The number of aliphatic carboxylic acids is 1. The van der Waals surface area contributed by atoms with Gasteiger partial charge in [-0.1, -0.05) is 0 Å². The van der Waals surface area contributed by atoms with Crippen LogP contribution in [0.4, 0.5) is 0 Å². The van der Waals surface area contributed by atoms with Gasteiger partial charge in [0.25, 0.3) is 0 Å². The lowest BCUT2D eigenvalue weighted by molar-refractivity contribution is -0.149. The van der Waals surface area contributed by atoms with Crippen molar-refractivity contribution in [3.05, 3.63) is 0 Å². The molecule has 1 heterocycles. The molecule has 4 atom stereocenters. The van der Waals surface area contributed by atoms with Crippen LogP contribution in [0.15, 0.2) is 0 Å². The van der Waals surface area contributed by atoms with E-state index in [1.54, 1.807) is 0 Å². The van der Waals surface area contributed by atoms with Gasteiger partial charge in [0.1, 0.15) is 18.1 Å². The average molecular weight is 464 g/mol. The fraction of sp³-hybridized carbons (Fsp3) is 0.706. The van der Waals surface area contributed by atoms with E-state index in [1.165, 1.54) is 16.7 Å². The number of carbonyl (C=O) groups excluding carboxylic acids is 4. The number of likely N-dealkylation sites (tertiary alicyclic amines) is 1. The highest BCUT2D eigenvalue weighted by molar-refractivity contribution is 7.98. The molecule has 0 radical (unpaired) electrons. The number of carboxylic acids is 1. The lowest BCUT2D eigenvalue weighted by atomic mass is 10.1. The predicted octanol–water partition coefficient (Wildman–Crippen LogP) is -2.08. The highest BCUT2D eigenvalue weighted by Crippen LogP contribution is 2.19. The van der Waals surface area contributed by atoms with E-state index < -0.39 is 53.8 Å². The Balaban J connectivity index is 2.84. The summed E-state index contributed by atoms with van der Waals surface area (Å²) < 4.78 is 0. The van der Waals surface area contributed by atoms with Crippen molar-refractivity contribution in [2.75, 3.05) is 24.3 Å². The molecule has 7 N–H and O–H groups in total. The van der Waals surface area contributed by atoms with Crippen molar-refractivity contribution in [2.45, 2.75) is 49.9 Å². The SMILES string of the molecule is CSCCC(NC(=O)C(N)CC(N)=O)C(=O)NC(CS)C(=O)N1CCCC1C(=O)O. The molecular formula is C17H29N5O6S2. The van der Waals surface area contributed by atoms with Crippen LogP contribution in [-0.2, 0) is 24.0 Å². The van der Waals surface area contributed by atoms with Gasteiger partial charge in [-0.25, -0.2) is 4.79 Å². The number of thioether (sulfide) groups is 1. The maximum Gasteiger partial charge on any atom is 0.326 e. The summed E-state index contributed by atoms with van der Waals surface area (Å²) in [5.74, 6) is -3.23. The molecule has 4 amide bonds. The summed E-state index contributed by atoms with van der Waals surface area (Å²) in [6.45, 7) is 0.282. The maximum absolute atomic E-state index is 12.8. The van der Waals surface area contributed by atoms with Crippen LogP contribution in [0.25, 0.3) is 0 Å². The molecule has 0 aromatic rings. The second-order valence-corrected chi connectivity index (χ2v) is 8.24. The van der Waals surface area contributed by atoms with E-state index in [-0.39, 0.29) is 25.1 Å². The quantitative estimate of drug-likeness (QED) is 0.178. The molecule has 0 spiro atoms. The van der Waals surface area contributed by atoms with Crippen LogP contribution in [0.2, 0.25) is 0 Å². The van der Waals surface area contributed by atoms with Crippen LogP contribution in [0.5, 0.6) is 0 Å². The fourth-order valence-electron chi connectivity index (χ4n) is 3.04. The van der Waals surface area contributed by atoms with Gasteiger partial charge in [0.2, 0.25) is 23.6 Å². The van der Waals surface area contributed by atoms with E-state index in [2.05, 4.69) is 23.3 Å². The van der Waals surface area contributed by atoms with Crippen LogP contribution in [0.1, 0.15) is 25.7 Å². The molecule has 0 saturated carbocycles. The first kappa shape index (κ1) is 26.0. The number of nitrogens with zero attached hydrogens (tertiary/aromatic N) is 1. The van der Waals surface area contributed by atoms with Gasteiger partial charge in [-0.3, -0.25) is 19.2 Å². The highest BCUT2D eigenvalue weighted by atomic mass is 32.2. The van der Waals surface area contributed by atoms with Gasteiger partial charge in [-0.05, 0) is 31.3 Å². The summed E-state index contributed by atoms with van der Waals surface area (Å²) in [4.78, 5) is 61.2. The molecule has 0 aromatic heterocycles. The number of rotatable bonds is 12. The molecule has 170 valence electrons. The Hall–Kier alpha value is -1.99. The van der Waals surface area contributed by atoms with E-state index >= 15 is 0 Å². The van der Waals surface area contributed by atoms with Gasteiger partial charge in [-0.15, -0.1) is 0 Å². The average Bonchev–Trinajstić information content (AvgIpc) is 3.17. The number of hydrogen-bond donors (Lipinski definition) is 6. The first-order valence-electron chi connectivity index (χ1n) is 9.40. The van der Waals surface area contributed by atoms with Crippen molar-refractivity contribution in [3.63, 3.8) is 0 Å². The third-order valence-corrected chi connectivity index (χ3v) is 5.63. The van der Waals surface area contributed by atoms with Crippen LogP contribution < -0.4 is 22.1 Å². The summed E-state index contributed by atoms with van der Waals surface area (Å²) in [7, 11) is 0. The lowest BCUT2D eigenvalue weighted by Crippen LogP contribution is -2.58. The summed E-state index contributed by atoms with van der Waals surface area (Å²) in [6, 6.07) is -4.17. The Morgan fingerprint density at radius 3 is 2.37 bits per heavy atom. The minimum Gasteiger partial charge on any atom is -0.480 e. The standard InChI is InChI=1S/C17H29N5O6S2/c1-30-6-4-10(20-14(24)9(18)7-13(19)23)15(25)21-11(8-29)16(26)22-5-2-3-12(22)17(27)28/h9-12,29H,2-8,18H2,1H3,(H2,19,23)(H,20,24)(H,21,25)(H,27,28). The second-order valence-electron chi connectivity index (χ2n) is 6.89. The van der Waals surface area contributed by atoms with Crippen LogP contribution in [0.3, 0.4) is 0 Å². The number of primary amides is 1. The van der Waals surface area contributed by atoms with Crippen LogP contribution >= 0.6 is 24.4 Å². The Bertz CT molecular complexity index is 665. The van der Waals surface area contributed by atoms with Gasteiger partial charge in [0.15, 0.2) is 0 Å². The highest BCUT2D eigenvalue weighted by Gasteiger charge is 2.38. The van der Waals surface area contributed by atoms with Crippen LogP contribution in [0, 0.1) is 0 Å². The topological polar surface area (TPSA) is 185 Å². The molecule has 11 nitrogen and oxygen atoms in total. The molecule has 0 aromatic carbocycles. The van der Waals surface area contributed by atoms with E-state index in [0.717, 1.165) is 0 Å². The first-order chi connectivity index (χ1) is 14.1. The Morgan fingerprint density at radius 2 is 1.83 bits per heavy atom. The number of nitrogens with two attached hydrogens (primary N) is 2. The molecule has 1 saturated heterocycles. The number of hydrogen-bond acceptors (Lipinski definition) is 8. The van der Waals surface area contributed by atoms with E-state index in [0.29, 0.717) is 18.6 Å². The van der Waals surface area contributed by atoms with Gasteiger partial charge >= 0.3 is 5.97 Å². The van der Waals surface area contributed by atoms with Gasteiger partial charge in [0, 0.05) is 12.3 Å². The maximum atomic E-state index is 12.8. The molecule has 0 bridgehead atoms. The number of carbonyl (C=O) groups is 5. The zero-order chi connectivity index (χ0) is 22.8. The minimum absolute atomic E-state index is 0.0439. The number of nitrogens with one attached hydrogen (secondary N) is 2. The van der Waals surface area contributed by atoms with E-state index in [1.807, 2.05) is 6.26 Å². The molecule has 1 fully saturated rings. The molecule has 13 heteroatoms. The van der Waals surface area contributed by atoms with E-state index in [9.17, 15) is 29.1 Å². The van der Waals surface area contributed by atoms with E-state index in [4.69, 9.17) is 11.5 Å². The molecule has 1 aliphatic rings. The smallest absolute Gasteiger partial charge is 0.326 e. The number of carboxylic acid groups (broad SMARTS) is 1. The summed E-state index contributed by atoms with van der Waals surface area (Å²) in [5, 5.41) is 14.3. The van der Waals surface area contributed by atoms with Gasteiger partial charge < -0.3 is 32.1 Å². The van der Waals surface area contributed by atoms with Crippen molar-refractivity contribution < 1.29 is 29.1 Å². The number of thiol groups is 1. The van der Waals surface area contributed by atoms with Crippen LogP contribution in [-0.4, -0.2) is 88.1 Å². The Kier molecular flexibility index (Phi) is 11.0. The largest absolute Gasteiger partial charge is 0.480 e. The van der Waals surface area contributed by atoms with Gasteiger partial charge in [0.05, 0.1) is 12.5 Å². The summed E-state index contributed by atoms with van der Waals surface area (Å²) in [5.41, 5.74) is 10.7. The molecule has 0 aliphatic carbocycles. The van der Waals surface area contributed by atoms with Crippen molar-refractivity contribution in [2.24, 2.45) is 11.5 Å². The zero-order valence-corrected chi connectivity index (χ0v) is 18.4. The monoisotopic (exact) mass is 463 g/mol. The first-order valence-corrected chi connectivity index (χ1v) is 11.4. The Morgan fingerprint density at radius 1 is 1.20 bits per heavy atom. The number of amides is 4. The minimum atomic E-state index is -1.20. The molecule has 1 aliphatic heterocycles. The molecular weight excluding hydrogens is 434 g/mol. The Labute approximate surface area is 184 Å². The van der Waals surface area contributed by atoms with Crippen molar-refractivity contribution in [3.8, 4) is 0 Å². The van der Waals surface area contributed by atoms with Gasteiger partial charge in [-0.2, -0.15) is 24.4 Å². The molecule has 30 heavy (non-hydrogen) atoms. The summed E-state index contributed by atoms with van der Waals surface area (Å²) >= 11 is 5.57. The second kappa shape index (κ2) is 12.6. The third kappa shape index (κ3) is 7.69.